The molecule has 2 aromatic rings. The average Bonchev–Trinajstić information content (AvgIpc) is 3.17. The van der Waals surface area contributed by atoms with Crippen LogP contribution in [0, 0.1) is 12.8 Å². The number of hydrogen-bond donors (Lipinski definition) is 2. The Morgan fingerprint density at radius 1 is 1.19 bits per heavy atom. The fourth-order valence-corrected chi connectivity index (χ4v) is 2.63. The summed E-state index contributed by atoms with van der Waals surface area (Å²) in [4.78, 5) is 24.5. The molecule has 1 fully saturated rings. The van der Waals surface area contributed by atoms with Crippen LogP contribution in [0.2, 0.25) is 0 Å². The molecule has 1 aliphatic carbocycles. The molecular weight excluding hydrogens is 284 g/mol. The fourth-order valence-electron chi connectivity index (χ4n) is 2.02. The maximum absolute atomic E-state index is 12.1. The molecule has 0 bridgehead atoms. The maximum Gasteiger partial charge on any atom is 0.265 e. The molecule has 2 amide bonds. The van der Waals surface area contributed by atoms with Gasteiger partial charge >= 0.3 is 0 Å². The molecule has 2 N–H and O–H groups in total. The Morgan fingerprint density at radius 3 is 2.67 bits per heavy atom. The highest BCUT2D eigenvalue weighted by molar-refractivity contribution is 7.12. The predicted octanol–water partition coefficient (Wildman–Crippen LogP) is 3.66. The average molecular weight is 300 g/mol. The first-order valence-electron chi connectivity index (χ1n) is 6.90. The first-order chi connectivity index (χ1) is 10.1. The third kappa shape index (κ3) is 3.31. The Morgan fingerprint density at radius 2 is 2.00 bits per heavy atom. The molecular formula is C16H16N2O2S. The summed E-state index contributed by atoms with van der Waals surface area (Å²) < 4.78 is 0. The summed E-state index contributed by atoms with van der Waals surface area (Å²) in [5.74, 6) is 0.101. The molecule has 0 unspecified atom stereocenters. The second kappa shape index (κ2) is 5.69. The van der Waals surface area contributed by atoms with E-state index in [0.29, 0.717) is 4.88 Å². The standard InChI is InChI=1S/C16H16N2O2S/c1-10-4-7-12(17-15(19)11-5-6-11)9-13(10)18-16(20)14-3-2-8-21-14/h2-4,7-9,11H,5-6H2,1H3,(H,17,19)(H,18,20). The van der Waals surface area contributed by atoms with Gasteiger partial charge in [0.25, 0.3) is 5.91 Å². The lowest BCUT2D eigenvalue weighted by Crippen LogP contribution is -2.15. The minimum absolute atomic E-state index is 0.0642. The predicted molar refractivity (Wildman–Crippen MR) is 84.8 cm³/mol. The second-order valence-electron chi connectivity index (χ2n) is 5.22. The number of hydrogen-bond acceptors (Lipinski definition) is 3. The highest BCUT2D eigenvalue weighted by Gasteiger charge is 2.29. The summed E-state index contributed by atoms with van der Waals surface area (Å²) in [5.41, 5.74) is 2.41. The van der Waals surface area contributed by atoms with Crippen molar-refractivity contribution in [3.8, 4) is 0 Å². The van der Waals surface area contributed by atoms with Gasteiger partial charge in [-0.25, -0.2) is 0 Å². The first-order valence-corrected chi connectivity index (χ1v) is 7.78. The molecule has 4 nitrogen and oxygen atoms in total. The number of anilines is 2. The molecule has 0 spiro atoms. The summed E-state index contributed by atoms with van der Waals surface area (Å²) in [6.45, 7) is 1.93. The van der Waals surface area contributed by atoms with Crippen molar-refractivity contribution in [1.29, 1.82) is 0 Å². The van der Waals surface area contributed by atoms with Crippen LogP contribution >= 0.6 is 11.3 Å². The molecule has 0 radical (unpaired) electrons. The first kappa shape index (κ1) is 13.8. The molecule has 1 saturated carbocycles. The van der Waals surface area contributed by atoms with Gasteiger partial charge in [0.2, 0.25) is 5.91 Å². The number of aryl methyl sites for hydroxylation is 1. The minimum atomic E-state index is -0.126. The SMILES string of the molecule is Cc1ccc(NC(=O)C2CC2)cc1NC(=O)c1cccs1. The topological polar surface area (TPSA) is 58.2 Å². The van der Waals surface area contributed by atoms with Crippen molar-refractivity contribution in [3.05, 3.63) is 46.2 Å². The van der Waals surface area contributed by atoms with Crippen molar-refractivity contribution in [3.63, 3.8) is 0 Å². The molecule has 21 heavy (non-hydrogen) atoms. The zero-order valence-electron chi connectivity index (χ0n) is 11.7. The monoisotopic (exact) mass is 300 g/mol. The van der Waals surface area contributed by atoms with E-state index in [-0.39, 0.29) is 17.7 Å². The number of carbonyl (C=O) groups excluding carboxylic acids is 2. The number of rotatable bonds is 4. The van der Waals surface area contributed by atoms with Crippen LogP contribution in [0.25, 0.3) is 0 Å². The zero-order valence-corrected chi connectivity index (χ0v) is 12.5. The van der Waals surface area contributed by atoms with Crippen LogP contribution in [0.1, 0.15) is 28.1 Å². The van der Waals surface area contributed by atoms with Crippen LogP contribution in [-0.4, -0.2) is 11.8 Å². The number of nitrogens with one attached hydrogen (secondary N) is 2. The molecule has 1 aliphatic rings. The van der Waals surface area contributed by atoms with Gasteiger partial charge in [-0.1, -0.05) is 12.1 Å². The van der Waals surface area contributed by atoms with Gasteiger partial charge in [0.15, 0.2) is 0 Å². The van der Waals surface area contributed by atoms with E-state index in [2.05, 4.69) is 10.6 Å². The van der Waals surface area contributed by atoms with Gasteiger partial charge in [-0.15, -0.1) is 11.3 Å². The van der Waals surface area contributed by atoms with Crippen molar-refractivity contribution in [2.24, 2.45) is 5.92 Å². The summed E-state index contributed by atoms with van der Waals surface area (Å²) in [5, 5.41) is 7.65. The van der Waals surface area contributed by atoms with Gasteiger partial charge in [0, 0.05) is 17.3 Å². The van der Waals surface area contributed by atoms with Crippen molar-refractivity contribution in [2.75, 3.05) is 10.6 Å². The molecule has 3 rings (SSSR count). The third-order valence-corrected chi connectivity index (χ3v) is 4.32. The van der Waals surface area contributed by atoms with E-state index in [1.807, 2.05) is 30.5 Å². The Bertz CT molecular complexity index is 676. The Labute approximate surface area is 127 Å². The highest BCUT2D eigenvalue weighted by atomic mass is 32.1. The fraction of sp³-hybridized carbons (Fsp3) is 0.250. The van der Waals surface area contributed by atoms with Crippen molar-refractivity contribution >= 4 is 34.5 Å². The van der Waals surface area contributed by atoms with Crippen LogP contribution in [0.3, 0.4) is 0 Å². The summed E-state index contributed by atoms with van der Waals surface area (Å²) in [7, 11) is 0. The summed E-state index contributed by atoms with van der Waals surface area (Å²) >= 11 is 1.40. The van der Waals surface area contributed by atoms with Crippen LogP contribution in [0.5, 0.6) is 0 Å². The van der Waals surface area contributed by atoms with Gasteiger partial charge < -0.3 is 10.6 Å². The smallest absolute Gasteiger partial charge is 0.265 e. The lowest BCUT2D eigenvalue weighted by atomic mass is 10.1. The van der Waals surface area contributed by atoms with Gasteiger partial charge in [-0.3, -0.25) is 9.59 Å². The van der Waals surface area contributed by atoms with Gasteiger partial charge in [0.05, 0.1) is 4.88 Å². The summed E-state index contributed by atoms with van der Waals surface area (Å²) in [6.07, 6.45) is 1.94. The molecule has 108 valence electrons. The number of thiophene rings is 1. The molecule has 1 aromatic carbocycles. The minimum Gasteiger partial charge on any atom is -0.326 e. The number of amides is 2. The highest BCUT2D eigenvalue weighted by Crippen LogP contribution is 2.31. The van der Waals surface area contributed by atoms with E-state index in [0.717, 1.165) is 29.8 Å². The Balaban J connectivity index is 1.74. The number of benzene rings is 1. The van der Waals surface area contributed by atoms with Crippen molar-refractivity contribution < 1.29 is 9.59 Å². The van der Waals surface area contributed by atoms with Crippen molar-refractivity contribution in [1.82, 2.24) is 0 Å². The van der Waals surface area contributed by atoms with Crippen LogP contribution in [-0.2, 0) is 4.79 Å². The quantitative estimate of drug-likeness (QED) is 0.905. The molecule has 0 atom stereocenters. The molecule has 5 heteroatoms. The van der Waals surface area contributed by atoms with Gasteiger partial charge in [-0.05, 0) is 48.9 Å². The van der Waals surface area contributed by atoms with Crippen LogP contribution in [0.15, 0.2) is 35.7 Å². The third-order valence-electron chi connectivity index (χ3n) is 3.45. The van der Waals surface area contributed by atoms with Crippen LogP contribution < -0.4 is 10.6 Å². The lowest BCUT2D eigenvalue weighted by molar-refractivity contribution is -0.117. The summed E-state index contributed by atoms with van der Waals surface area (Å²) in [6, 6.07) is 9.19. The largest absolute Gasteiger partial charge is 0.326 e. The van der Waals surface area contributed by atoms with E-state index in [4.69, 9.17) is 0 Å². The Kier molecular flexibility index (Phi) is 3.75. The molecule has 1 aromatic heterocycles. The number of carbonyl (C=O) groups is 2. The molecule has 0 aliphatic heterocycles. The van der Waals surface area contributed by atoms with E-state index in [1.165, 1.54) is 11.3 Å². The second-order valence-corrected chi connectivity index (χ2v) is 6.17. The molecule has 1 heterocycles. The van der Waals surface area contributed by atoms with E-state index in [9.17, 15) is 9.59 Å². The van der Waals surface area contributed by atoms with E-state index in [1.54, 1.807) is 12.1 Å². The Hall–Kier alpha value is -2.14. The van der Waals surface area contributed by atoms with E-state index >= 15 is 0 Å². The van der Waals surface area contributed by atoms with Gasteiger partial charge in [-0.2, -0.15) is 0 Å². The normalized spacial score (nSPS) is 13.8. The molecule has 0 saturated heterocycles. The van der Waals surface area contributed by atoms with E-state index < -0.39 is 0 Å². The maximum atomic E-state index is 12.1. The lowest BCUT2D eigenvalue weighted by Gasteiger charge is -2.11. The van der Waals surface area contributed by atoms with Gasteiger partial charge in [0.1, 0.15) is 0 Å². The van der Waals surface area contributed by atoms with Crippen LogP contribution in [0.4, 0.5) is 11.4 Å². The zero-order chi connectivity index (χ0) is 14.8. The van der Waals surface area contributed by atoms with Crippen molar-refractivity contribution in [2.45, 2.75) is 19.8 Å².